The first kappa shape index (κ1) is 24.2. The van der Waals surface area contributed by atoms with Crippen molar-refractivity contribution in [1.82, 2.24) is 10.2 Å². The van der Waals surface area contributed by atoms with Crippen molar-refractivity contribution >= 4 is 11.8 Å². The Morgan fingerprint density at radius 3 is 2.09 bits per heavy atom. The number of carbonyl (C=O) groups excluding carboxylic acids is 2. The van der Waals surface area contributed by atoms with Crippen LogP contribution < -0.4 is 24.3 Å². The summed E-state index contributed by atoms with van der Waals surface area (Å²) in [5.74, 6) is 1.37. The van der Waals surface area contributed by atoms with Crippen molar-refractivity contribution in [3.05, 3.63) is 47.5 Å². The molecule has 1 heterocycles. The number of carbonyl (C=O) groups is 2. The smallest absolute Gasteiger partial charge is 0.253 e. The maximum absolute atomic E-state index is 13.2. The van der Waals surface area contributed by atoms with Gasteiger partial charge in [-0.3, -0.25) is 9.59 Å². The third-order valence-electron chi connectivity index (χ3n) is 5.95. The van der Waals surface area contributed by atoms with E-state index in [2.05, 4.69) is 5.32 Å². The van der Waals surface area contributed by atoms with Crippen LogP contribution in [0.5, 0.6) is 23.0 Å². The van der Waals surface area contributed by atoms with Crippen LogP contribution in [0, 0.1) is 5.92 Å². The van der Waals surface area contributed by atoms with Gasteiger partial charge in [-0.25, -0.2) is 0 Å². The molecule has 2 aromatic carbocycles. The molecule has 1 aliphatic heterocycles. The van der Waals surface area contributed by atoms with Crippen molar-refractivity contribution in [2.24, 2.45) is 5.92 Å². The first-order valence-corrected chi connectivity index (χ1v) is 11.0. The predicted octanol–water partition coefficient (Wildman–Crippen LogP) is 3.10. The fourth-order valence-electron chi connectivity index (χ4n) is 4.18. The molecule has 1 fully saturated rings. The van der Waals surface area contributed by atoms with E-state index in [4.69, 9.17) is 18.9 Å². The molecular formula is C25H32N2O6. The molecule has 0 unspecified atom stereocenters. The van der Waals surface area contributed by atoms with Crippen LogP contribution in [0.1, 0.15) is 35.2 Å². The van der Waals surface area contributed by atoms with Crippen LogP contribution in [0.2, 0.25) is 0 Å². The number of ether oxygens (including phenoxy) is 4. The minimum absolute atomic E-state index is 0.0689. The summed E-state index contributed by atoms with van der Waals surface area (Å²) in [5, 5.41) is 2.99. The number of rotatable bonds is 9. The zero-order chi connectivity index (χ0) is 24.0. The maximum atomic E-state index is 13.2. The van der Waals surface area contributed by atoms with E-state index >= 15 is 0 Å². The van der Waals surface area contributed by atoms with Gasteiger partial charge < -0.3 is 29.2 Å². The Kier molecular flexibility index (Phi) is 8.03. The average Bonchev–Trinajstić information content (AvgIpc) is 3.31. The molecule has 178 valence electrons. The SMILES string of the molecule is CCCNC(=O)[C@H]1CN(C(=O)c2ccc(OC)cc2)C[C@@H]1c1cc(OC)c(OC)c(OC)c1. The first-order chi connectivity index (χ1) is 16.0. The lowest BCUT2D eigenvalue weighted by molar-refractivity contribution is -0.124. The summed E-state index contributed by atoms with van der Waals surface area (Å²) in [6.45, 7) is 3.31. The van der Waals surface area contributed by atoms with E-state index in [-0.39, 0.29) is 17.7 Å². The number of likely N-dealkylation sites (tertiary alicyclic amines) is 1. The van der Waals surface area contributed by atoms with Crippen molar-refractivity contribution in [3.8, 4) is 23.0 Å². The van der Waals surface area contributed by atoms with E-state index < -0.39 is 5.92 Å². The van der Waals surface area contributed by atoms with Crippen LogP contribution in [-0.2, 0) is 4.79 Å². The van der Waals surface area contributed by atoms with Crippen LogP contribution in [0.15, 0.2) is 36.4 Å². The number of hydrogen-bond donors (Lipinski definition) is 1. The van der Waals surface area contributed by atoms with Crippen molar-refractivity contribution < 1.29 is 28.5 Å². The van der Waals surface area contributed by atoms with Gasteiger partial charge in [-0.15, -0.1) is 0 Å². The first-order valence-electron chi connectivity index (χ1n) is 11.0. The Morgan fingerprint density at radius 1 is 0.939 bits per heavy atom. The van der Waals surface area contributed by atoms with E-state index in [9.17, 15) is 9.59 Å². The number of methoxy groups -OCH3 is 4. The second-order valence-corrected chi connectivity index (χ2v) is 7.90. The summed E-state index contributed by atoms with van der Waals surface area (Å²) in [7, 11) is 6.24. The van der Waals surface area contributed by atoms with Gasteiger partial charge in [0.1, 0.15) is 5.75 Å². The molecule has 2 aromatic rings. The average molecular weight is 457 g/mol. The highest BCUT2D eigenvalue weighted by atomic mass is 16.5. The monoisotopic (exact) mass is 456 g/mol. The van der Waals surface area contributed by atoms with Crippen molar-refractivity contribution in [2.45, 2.75) is 19.3 Å². The molecule has 1 saturated heterocycles. The van der Waals surface area contributed by atoms with Crippen LogP contribution >= 0.6 is 0 Å². The van der Waals surface area contributed by atoms with E-state index in [0.29, 0.717) is 48.2 Å². The van der Waals surface area contributed by atoms with Gasteiger partial charge in [0.15, 0.2) is 11.5 Å². The van der Waals surface area contributed by atoms with Crippen molar-refractivity contribution in [2.75, 3.05) is 48.1 Å². The van der Waals surface area contributed by atoms with E-state index in [1.54, 1.807) is 57.6 Å². The topological polar surface area (TPSA) is 86.3 Å². The zero-order valence-corrected chi connectivity index (χ0v) is 19.8. The third kappa shape index (κ3) is 5.16. The third-order valence-corrected chi connectivity index (χ3v) is 5.95. The second-order valence-electron chi connectivity index (χ2n) is 7.90. The fraction of sp³-hybridized carbons (Fsp3) is 0.440. The molecule has 2 amide bonds. The van der Waals surface area contributed by atoms with Crippen LogP contribution in [0.4, 0.5) is 0 Å². The van der Waals surface area contributed by atoms with E-state index in [1.165, 1.54) is 0 Å². The molecule has 0 radical (unpaired) electrons. The summed E-state index contributed by atoms with van der Waals surface area (Å²) in [5.41, 5.74) is 1.40. The largest absolute Gasteiger partial charge is 0.497 e. The Morgan fingerprint density at radius 2 is 1.58 bits per heavy atom. The highest BCUT2D eigenvalue weighted by Gasteiger charge is 2.41. The maximum Gasteiger partial charge on any atom is 0.253 e. The lowest BCUT2D eigenvalue weighted by Gasteiger charge is -2.21. The number of hydrogen-bond acceptors (Lipinski definition) is 6. The van der Waals surface area contributed by atoms with Gasteiger partial charge in [-0.1, -0.05) is 6.92 Å². The lowest BCUT2D eigenvalue weighted by atomic mass is 9.88. The van der Waals surface area contributed by atoms with Crippen molar-refractivity contribution in [3.63, 3.8) is 0 Å². The predicted molar refractivity (Wildman–Crippen MR) is 125 cm³/mol. The zero-order valence-electron chi connectivity index (χ0n) is 19.8. The molecule has 0 bridgehead atoms. The summed E-state index contributed by atoms with van der Waals surface area (Å²) in [6.07, 6.45) is 0.835. The molecule has 8 nitrogen and oxygen atoms in total. The molecule has 1 N–H and O–H groups in total. The van der Waals surface area contributed by atoms with Gasteiger partial charge in [0.2, 0.25) is 11.7 Å². The molecule has 3 rings (SSSR count). The van der Waals surface area contributed by atoms with Gasteiger partial charge in [0.25, 0.3) is 5.91 Å². The van der Waals surface area contributed by atoms with Gasteiger partial charge in [-0.05, 0) is 48.4 Å². The van der Waals surface area contributed by atoms with Gasteiger partial charge in [0, 0.05) is 31.1 Å². The molecule has 0 aliphatic carbocycles. The Labute approximate surface area is 194 Å². The molecule has 33 heavy (non-hydrogen) atoms. The lowest BCUT2D eigenvalue weighted by Crippen LogP contribution is -2.36. The molecule has 0 saturated carbocycles. The van der Waals surface area contributed by atoms with Gasteiger partial charge >= 0.3 is 0 Å². The molecule has 8 heteroatoms. The standard InChI is InChI=1S/C25H32N2O6/c1-6-11-26-24(28)20-15-27(25(29)16-7-9-18(30-2)10-8-16)14-19(20)17-12-21(31-3)23(33-5)22(13-17)32-4/h7-10,12-13,19-20H,6,11,14-15H2,1-5H3,(H,26,28)/t19-,20+/m1/s1. The highest BCUT2D eigenvalue weighted by molar-refractivity contribution is 5.95. The summed E-state index contributed by atoms with van der Waals surface area (Å²) >= 11 is 0. The molecule has 1 aliphatic rings. The van der Waals surface area contributed by atoms with Crippen molar-refractivity contribution in [1.29, 1.82) is 0 Å². The highest BCUT2D eigenvalue weighted by Crippen LogP contribution is 2.43. The van der Waals surface area contributed by atoms with Crippen LogP contribution in [0.25, 0.3) is 0 Å². The summed E-state index contributed by atoms with van der Waals surface area (Å²) in [6, 6.07) is 10.7. The molecule has 0 aromatic heterocycles. The number of amides is 2. The van der Waals surface area contributed by atoms with E-state index in [1.807, 2.05) is 19.1 Å². The number of nitrogens with one attached hydrogen (secondary N) is 1. The van der Waals surface area contributed by atoms with Gasteiger partial charge in [0.05, 0.1) is 34.4 Å². The Hall–Kier alpha value is -3.42. The molecule has 2 atom stereocenters. The number of nitrogens with zero attached hydrogens (tertiary/aromatic N) is 1. The molecular weight excluding hydrogens is 424 g/mol. The quantitative estimate of drug-likeness (QED) is 0.624. The summed E-state index contributed by atoms with van der Waals surface area (Å²) < 4.78 is 21.6. The van der Waals surface area contributed by atoms with Crippen LogP contribution in [-0.4, -0.2) is 64.8 Å². The Bertz CT molecular complexity index is 950. The number of benzene rings is 2. The molecule has 0 spiro atoms. The second kappa shape index (κ2) is 10.9. The van der Waals surface area contributed by atoms with Gasteiger partial charge in [-0.2, -0.15) is 0 Å². The van der Waals surface area contributed by atoms with Crippen LogP contribution in [0.3, 0.4) is 0 Å². The fourth-order valence-corrected chi connectivity index (χ4v) is 4.18. The summed E-state index contributed by atoms with van der Waals surface area (Å²) in [4.78, 5) is 28.0. The minimum Gasteiger partial charge on any atom is -0.497 e. The normalized spacial score (nSPS) is 17.4. The van der Waals surface area contributed by atoms with E-state index in [0.717, 1.165) is 12.0 Å². The Balaban J connectivity index is 1.95. The minimum atomic E-state index is -0.401.